The lowest BCUT2D eigenvalue weighted by Crippen LogP contribution is -2.01. The molecule has 49 heavy (non-hydrogen) atoms. The van der Waals surface area contributed by atoms with Crippen molar-refractivity contribution in [3.63, 3.8) is 0 Å². The average Bonchev–Trinajstić information content (AvgIpc) is 3.56. The molecule has 4 nitrogen and oxygen atoms in total. The maximum Gasteiger partial charge on any atom is 0.164 e. The fraction of sp³-hybridized carbons (Fsp3) is 0. The Morgan fingerprint density at radius 1 is 0.327 bits per heavy atom. The number of nitrogens with zero attached hydrogens (tertiary/aromatic N) is 3. The standard InChI is InChI=1S/C45H27N3O/c1-2-11-28(12-3-1)39-27-33(26-30-14-5-7-16-35(30)39)44-46-43(32-23-24-36-31(25-32)22-21-29-13-4-6-15-34(29)36)47-45(48-44)38-18-10-20-41-42(38)37-17-8-9-19-40(37)49-41/h1-27H. The van der Waals surface area contributed by atoms with Gasteiger partial charge in [-0.05, 0) is 73.8 Å². The van der Waals surface area contributed by atoms with Gasteiger partial charge in [0.15, 0.2) is 17.5 Å². The number of rotatable bonds is 4. The van der Waals surface area contributed by atoms with Crippen LogP contribution in [0.1, 0.15) is 0 Å². The minimum absolute atomic E-state index is 0.602. The Bertz CT molecular complexity index is 2890. The van der Waals surface area contributed by atoms with E-state index in [-0.39, 0.29) is 0 Å². The molecule has 4 heteroatoms. The van der Waals surface area contributed by atoms with E-state index in [0.717, 1.165) is 60.5 Å². The van der Waals surface area contributed by atoms with E-state index < -0.39 is 0 Å². The van der Waals surface area contributed by atoms with Crippen molar-refractivity contribution in [1.29, 1.82) is 0 Å². The second-order valence-corrected chi connectivity index (χ2v) is 12.4. The molecule has 0 aliphatic carbocycles. The number of aromatic nitrogens is 3. The first-order chi connectivity index (χ1) is 24.3. The number of para-hydroxylation sites is 1. The molecule has 0 fully saturated rings. The Balaban J connectivity index is 1.24. The molecule has 0 atom stereocenters. The van der Waals surface area contributed by atoms with E-state index in [1.54, 1.807) is 0 Å². The topological polar surface area (TPSA) is 51.8 Å². The first-order valence-electron chi connectivity index (χ1n) is 16.4. The molecule has 8 aromatic carbocycles. The van der Waals surface area contributed by atoms with Gasteiger partial charge in [-0.15, -0.1) is 0 Å². The first kappa shape index (κ1) is 27.5. The fourth-order valence-corrected chi connectivity index (χ4v) is 7.16. The summed E-state index contributed by atoms with van der Waals surface area (Å²) < 4.78 is 6.27. The molecular formula is C45H27N3O. The minimum Gasteiger partial charge on any atom is -0.456 e. The van der Waals surface area contributed by atoms with E-state index in [0.29, 0.717) is 17.5 Å². The number of benzene rings is 8. The van der Waals surface area contributed by atoms with Crippen molar-refractivity contribution in [2.24, 2.45) is 0 Å². The zero-order valence-electron chi connectivity index (χ0n) is 26.3. The van der Waals surface area contributed by atoms with E-state index in [1.165, 1.54) is 21.5 Å². The number of hydrogen-bond donors (Lipinski definition) is 0. The summed E-state index contributed by atoms with van der Waals surface area (Å²) in [6, 6.07) is 57.0. The van der Waals surface area contributed by atoms with Gasteiger partial charge in [0.25, 0.3) is 0 Å². The number of fused-ring (bicyclic) bond motifs is 7. The van der Waals surface area contributed by atoms with Crippen molar-refractivity contribution < 1.29 is 4.42 Å². The van der Waals surface area contributed by atoms with Gasteiger partial charge in [-0.3, -0.25) is 0 Å². The predicted molar refractivity (Wildman–Crippen MR) is 201 cm³/mol. The van der Waals surface area contributed by atoms with Gasteiger partial charge in [-0.1, -0.05) is 133 Å². The molecule has 2 heterocycles. The molecular weight excluding hydrogens is 599 g/mol. The van der Waals surface area contributed by atoms with Crippen LogP contribution in [0.5, 0.6) is 0 Å². The lowest BCUT2D eigenvalue weighted by molar-refractivity contribution is 0.669. The van der Waals surface area contributed by atoms with Gasteiger partial charge < -0.3 is 4.42 Å². The van der Waals surface area contributed by atoms with Crippen LogP contribution < -0.4 is 0 Å². The minimum atomic E-state index is 0.602. The molecule has 228 valence electrons. The van der Waals surface area contributed by atoms with Crippen molar-refractivity contribution in [2.45, 2.75) is 0 Å². The Hall–Kier alpha value is -6.65. The van der Waals surface area contributed by atoms with Crippen LogP contribution in [0, 0.1) is 0 Å². The molecule has 0 aliphatic rings. The molecule has 0 radical (unpaired) electrons. The van der Waals surface area contributed by atoms with E-state index in [4.69, 9.17) is 19.4 Å². The Morgan fingerprint density at radius 3 is 1.82 bits per heavy atom. The van der Waals surface area contributed by atoms with Crippen molar-refractivity contribution in [3.8, 4) is 45.3 Å². The van der Waals surface area contributed by atoms with Crippen LogP contribution >= 0.6 is 0 Å². The van der Waals surface area contributed by atoms with Gasteiger partial charge in [0, 0.05) is 27.5 Å². The summed E-state index contributed by atoms with van der Waals surface area (Å²) in [6.07, 6.45) is 0. The van der Waals surface area contributed by atoms with Crippen LogP contribution in [0.15, 0.2) is 168 Å². The van der Waals surface area contributed by atoms with Gasteiger partial charge in [-0.25, -0.2) is 15.0 Å². The van der Waals surface area contributed by atoms with Gasteiger partial charge >= 0.3 is 0 Å². The SMILES string of the molecule is c1ccc(-c2cc(-c3nc(-c4ccc5c(ccc6ccccc65)c4)nc(-c4cccc5oc6ccccc6c45)n3)cc3ccccc23)cc1. The maximum atomic E-state index is 6.27. The van der Waals surface area contributed by atoms with E-state index in [9.17, 15) is 0 Å². The molecule has 0 bridgehead atoms. The van der Waals surface area contributed by atoms with Crippen LogP contribution in [0.25, 0.3) is 99.5 Å². The lowest BCUT2D eigenvalue weighted by atomic mass is 9.95. The quantitative estimate of drug-likeness (QED) is 0.183. The van der Waals surface area contributed by atoms with Crippen molar-refractivity contribution in [3.05, 3.63) is 164 Å². The highest BCUT2D eigenvalue weighted by molar-refractivity contribution is 6.12. The number of hydrogen-bond acceptors (Lipinski definition) is 4. The van der Waals surface area contributed by atoms with Gasteiger partial charge in [0.05, 0.1) is 0 Å². The van der Waals surface area contributed by atoms with Crippen LogP contribution in [0.3, 0.4) is 0 Å². The normalized spacial score (nSPS) is 11.7. The molecule has 10 aromatic rings. The van der Waals surface area contributed by atoms with Crippen molar-refractivity contribution >= 4 is 54.3 Å². The lowest BCUT2D eigenvalue weighted by Gasteiger charge is -2.13. The molecule has 0 spiro atoms. The smallest absolute Gasteiger partial charge is 0.164 e. The van der Waals surface area contributed by atoms with Crippen LogP contribution in [-0.2, 0) is 0 Å². The predicted octanol–water partition coefficient (Wildman–Crippen LogP) is 11.9. The highest BCUT2D eigenvalue weighted by Gasteiger charge is 2.19. The fourth-order valence-electron chi connectivity index (χ4n) is 7.16. The summed E-state index contributed by atoms with van der Waals surface area (Å²) in [7, 11) is 0. The highest BCUT2D eigenvalue weighted by Crippen LogP contribution is 2.38. The zero-order valence-corrected chi connectivity index (χ0v) is 26.3. The van der Waals surface area contributed by atoms with Gasteiger partial charge in [0.1, 0.15) is 11.2 Å². The number of furan rings is 1. The third kappa shape index (κ3) is 4.57. The second kappa shape index (κ2) is 11.0. The molecule has 0 saturated carbocycles. The highest BCUT2D eigenvalue weighted by atomic mass is 16.3. The largest absolute Gasteiger partial charge is 0.456 e. The second-order valence-electron chi connectivity index (χ2n) is 12.4. The van der Waals surface area contributed by atoms with Crippen LogP contribution in [0.2, 0.25) is 0 Å². The molecule has 2 aromatic heterocycles. The maximum absolute atomic E-state index is 6.27. The van der Waals surface area contributed by atoms with Crippen LogP contribution in [-0.4, -0.2) is 15.0 Å². The molecule has 0 unspecified atom stereocenters. The Labute approximate surface area is 282 Å². The summed E-state index contributed by atoms with van der Waals surface area (Å²) in [5, 5.41) is 9.13. The van der Waals surface area contributed by atoms with E-state index in [2.05, 4.69) is 127 Å². The molecule has 0 N–H and O–H groups in total. The Kier molecular flexibility index (Phi) is 6.15. The summed E-state index contributed by atoms with van der Waals surface area (Å²) in [4.78, 5) is 15.6. The van der Waals surface area contributed by atoms with Gasteiger partial charge in [-0.2, -0.15) is 0 Å². The summed E-state index contributed by atoms with van der Waals surface area (Å²) >= 11 is 0. The molecule has 10 rings (SSSR count). The third-order valence-electron chi connectivity index (χ3n) is 9.49. The van der Waals surface area contributed by atoms with E-state index in [1.807, 2.05) is 36.4 Å². The average molecular weight is 626 g/mol. The monoisotopic (exact) mass is 625 g/mol. The van der Waals surface area contributed by atoms with Gasteiger partial charge in [0.2, 0.25) is 0 Å². The Morgan fingerprint density at radius 2 is 0.939 bits per heavy atom. The molecule has 0 aliphatic heterocycles. The van der Waals surface area contributed by atoms with Crippen LogP contribution in [0.4, 0.5) is 0 Å². The summed E-state index contributed by atoms with van der Waals surface area (Å²) in [6.45, 7) is 0. The molecule has 0 amide bonds. The zero-order chi connectivity index (χ0) is 32.3. The summed E-state index contributed by atoms with van der Waals surface area (Å²) in [5.74, 6) is 1.84. The van der Waals surface area contributed by atoms with Crippen molar-refractivity contribution in [2.75, 3.05) is 0 Å². The summed E-state index contributed by atoms with van der Waals surface area (Å²) in [5.41, 5.74) is 6.69. The van der Waals surface area contributed by atoms with Crippen molar-refractivity contribution in [1.82, 2.24) is 15.0 Å². The van der Waals surface area contributed by atoms with E-state index >= 15 is 0 Å². The first-order valence-corrected chi connectivity index (χ1v) is 16.4. The molecule has 0 saturated heterocycles. The third-order valence-corrected chi connectivity index (χ3v) is 9.49.